The second-order valence-corrected chi connectivity index (χ2v) is 10.4. The van der Waals surface area contributed by atoms with Gasteiger partial charge < -0.3 is 19.9 Å². The minimum Gasteiger partial charge on any atom is -0.458 e. The number of hydrogen-bond acceptors (Lipinski definition) is 6. The maximum Gasteiger partial charge on any atom is 0.411 e. The van der Waals surface area contributed by atoms with Crippen molar-refractivity contribution < 1.29 is 37.7 Å². The van der Waals surface area contributed by atoms with Gasteiger partial charge in [-0.2, -0.15) is 8.78 Å². The summed E-state index contributed by atoms with van der Waals surface area (Å²) in [5.41, 5.74) is -1.84. The molecule has 5 atom stereocenters. The van der Waals surface area contributed by atoms with Gasteiger partial charge >= 0.3 is 12.1 Å². The fourth-order valence-corrected chi connectivity index (χ4v) is 3.89. The zero-order valence-electron chi connectivity index (χ0n) is 21.2. The molecule has 1 saturated heterocycles. The van der Waals surface area contributed by atoms with Gasteiger partial charge in [-0.25, -0.2) is 9.59 Å². The van der Waals surface area contributed by atoms with Crippen molar-refractivity contribution in [2.24, 2.45) is 5.92 Å². The summed E-state index contributed by atoms with van der Waals surface area (Å²) >= 11 is 0. The van der Waals surface area contributed by atoms with Crippen LogP contribution in [-0.4, -0.2) is 69.3 Å². The Kier molecular flexibility index (Phi) is 9.42. The molecule has 0 unspecified atom stereocenters. The van der Waals surface area contributed by atoms with Gasteiger partial charge in [-0.05, 0) is 61.0 Å². The van der Waals surface area contributed by atoms with Gasteiger partial charge in [-0.1, -0.05) is 18.7 Å². The van der Waals surface area contributed by atoms with E-state index in [4.69, 9.17) is 9.47 Å². The van der Waals surface area contributed by atoms with Crippen LogP contribution in [-0.2, 0) is 19.1 Å². The fourth-order valence-electron chi connectivity index (χ4n) is 3.89. The lowest BCUT2D eigenvalue weighted by molar-refractivity contribution is -0.161. The van der Waals surface area contributed by atoms with E-state index in [9.17, 15) is 28.3 Å². The molecule has 0 saturated carbocycles. The number of rotatable bonds is 7. The number of hydrogen-bond donors (Lipinski definition) is 2. The molecule has 194 valence electrons. The maximum atomic E-state index is 14.5. The van der Waals surface area contributed by atoms with E-state index >= 15 is 0 Å². The Morgan fingerprint density at radius 3 is 2.06 bits per heavy atom. The Labute approximate surface area is 200 Å². The van der Waals surface area contributed by atoms with Gasteiger partial charge in [0.25, 0.3) is 5.92 Å². The van der Waals surface area contributed by atoms with Crippen LogP contribution in [0.5, 0.6) is 0 Å². The first kappa shape index (κ1) is 29.5. The third-order valence-corrected chi connectivity index (χ3v) is 5.06. The molecule has 8 nitrogen and oxygen atoms in total. The summed E-state index contributed by atoms with van der Waals surface area (Å²) in [5, 5.41) is 13.0. The van der Waals surface area contributed by atoms with E-state index < -0.39 is 65.2 Å². The largest absolute Gasteiger partial charge is 0.458 e. The van der Waals surface area contributed by atoms with E-state index in [1.54, 1.807) is 60.6 Å². The minimum atomic E-state index is -3.79. The zero-order chi connectivity index (χ0) is 26.6. The quantitative estimate of drug-likeness (QED) is 0.419. The van der Waals surface area contributed by atoms with Gasteiger partial charge in [0.05, 0.1) is 12.1 Å². The normalized spacial score (nSPS) is 23.4. The topological polar surface area (TPSA) is 105 Å². The van der Waals surface area contributed by atoms with Crippen molar-refractivity contribution in [2.45, 2.75) is 103 Å². The Morgan fingerprint density at radius 1 is 1.12 bits per heavy atom. The Bertz CT molecular complexity index is 800. The highest BCUT2D eigenvalue weighted by Gasteiger charge is 2.56. The predicted octanol–water partition coefficient (Wildman–Crippen LogP) is 3.59. The molecule has 0 aromatic heterocycles. The molecule has 1 rings (SSSR count). The molecule has 1 fully saturated rings. The molecule has 34 heavy (non-hydrogen) atoms. The number of carbonyl (C=O) groups excluding carboxylic acids is 3. The van der Waals surface area contributed by atoms with Crippen LogP contribution in [0.25, 0.3) is 0 Å². The lowest BCUT2D eigenvalue weighted by atomic mass is 9.87. The average molecular weight is 489 g/mol. The first-order valence-corrected chi connectivity index (χ1v) is 11.2. The first-order chi connectivity index (χ1) is 15.3. The van der Waals surface area contributed by atoms with Crippen LogP contribution in [0.4, 0.5) is 13.6 Å². The zero-order valence-corrected chi connectivity index (χ0v) is 21.2. The van der Waals surface area contributed by atoms with E-state index in [1.165, 1.54) is 0 Å². The van der Waals surface area contributed by atoms with E-state index in [0.29, 0.717) is 0 Å². The fraction of sp³-hybridized carbons (Fsp3) is 0.708. The van der Waals surface area contributed by atoms with Gasteiger partial charge in [0, 0.05) is 12.8 Å². The number of ether oxygens (including phenoxy) is 2. The van der Waals surface area contributed by atoms with Crippen LogP contribution in [0, 0.1) is 5.92 Å². The Balaban J connectivity index is 3.70. The standard InChI is InChI=1S/C24H38F2N2O6/c1-10-12-15-13-16(20(31)33-22(4,5)6)28(21(32)34-23(7,8)9)18(15)17(27-14(3)29)19(30)24(25,26)11-2/h10-12,15-19,30H,2,13H2,1,3-9H3,(H,27,29)/t15-,16+,17-,18-,19+/m1/s1. The van der Waals surface area contributed by atoms with Crippen LogP contribution in [0.3, 0.4) is 0 Å². The van der Waals surface area contributed by atoms with Crippen LogP contribution in [0.1, 0.15) is 61.8 Å². The molecule has 0 radical (unpaired) electrons. The number of nitrogens with one attached hydrogen (secondary N) is 1. The number of alkyl halides is 2. The van der Waals surface area contributed by atoms with Crippen molar-refractivity contribution in [1.82, 2.24) is 10.2 Å². The lowest BCUT2D eigenvalue weighted by Crippen LogP contribution is -2.63. The van der Waals surface area contributed by atoms with Crippen molar-refractivity contribution in [3.05, 3.63) is 24.8 Å². The third kappa shape index (κ3) is 7.78. The highest BCUT2D eigenvalue weighted by Crippen LogP contribution is 2.38. The molecule has 1 aliphatic rings. The SMILES string of the molecule is C=CC(F)(F)[C@@H](O)[C@H](NC(C)=O)[C@H]1[C@H](C=CC)C[C@@H](C(=O)OC(C)(C)C)N1C(=O)OC(C)(C)C. The number of amides is 2. The first-order valence-electron chi connectivity index (χ1n) is 11.2. The molecular weight excluding hydrogens is 450 g/mol. The minimum absolute atomic E-state index is 0.0195. The number of allylic oxidation sites excluding steroid dienone is 1. The van der Waals surface area contributed by atoms with Gasteiger partial charge in [-0.3, -0.25) is 9.69 Å². The number of esters is 1. The molecule has 2 amide bonds. The van der Waals surface area contributed by atoms with Crippen molar-refractivity contribution in [1.29, 1.82) is 0 Å². The molecule has 0 aromatic rings. The number of halogens is 2. The van der Waals surface area contributed by atoms with Crippen molar-refractivity contribution >= 4 is 18.0 Å². The van der Waals surface area contributed by atoms with E-state index in [1.807, 2.05) is 0 Å². The maximum absolute atomic E-state index is 14.5. The molecule has 0 bridgehead atoms. The molecule has 2 N–H and O–H groups in total. The molecular formula is C24H38F2N2O6. The van der Waals surface area contributed by atoms with Crippen LogP contribution in [0.2, 0.25) is 0 Å². The average Bonchev–Trinajstić information content (AvgIpc) is 3.02. The molecule has 1 aliphatic heterocycles. The number of likely N-dealkylation sites (tertiary alicyclic amines) is 1. The Morgan fingerprint density at radius 2 is 1.65 bits per heavy atom. The summed E-state index contributed by atoms with van der Waals surface area (Å²) in [7, 11) is 0. The highest BCUT2D eigenvalue weighted by atomic mass is 19.3. The summed E-state index contributed by atoms with van der Waals surface area (Å²) in [6.07, 6.45) is 0.186. The van der Waals surface area contributed by atoms with Crippen molar-refractivity contribution in [2.75, 3.05) is 0 Å². The summed E-state index contributed by atoms with van der Waals surface area (Å²) in [4.78, 5) is 39.4. The van der Waals surface area contributed by atoms with Gasteiger partial charge in [-0.15, -0.1) is 0 Å². The van der Waals surface area contributed by atoms with E-state index in [2.05, 4.69) is 11.9 Å². The smallest absolute Gasteiger partial charge is 0.411 e. The van der Waals surface area contributed by atoms with Crippen LogP contribution >= 0.6 is 0 Å². The summed E-state index contributed by atoms with van der Waals surface area (Å²) in [6, 6.07) is -4.08. The number of aliphatic hydroxyl groups excluding tert-OH is 1. The van der Waals surface area contributed by atoms with Gasteiger partial charge in [0.1, 0.15) is 23.3 Å². The second-order valence-electron chi connectivity index (χ2n) is 10.4. The number of carbonyl (C=O) groups is 3. The predicted molar refractivity (Wildman–Crippen MR) is 123 cm³/mol. The highest BCUT2D eigenvalue weighted by molar-refractivity contribution is 5.83. The summed E-state index contributed by atoms with van der Waals surface area (Å²) < 4.78 is 40.0. The Hall–Kier alpha value is -2.49. The van der Waals surface area contributed by atoms with E-state index in [-0.39, 0.29) is 12.5 Å². The second kappa shape index (κ2) is 10.8. The van der Waals surface area contributed by atoms with Crippen LogP contribution < -0.4 is 5.32 Å². The number of nitrogens with zero attached hydrogens (tertiary/aromatic N) is 1. The van der Waals surface area contributed by atoms with Gasteiger partial charge in [0.15, 0.2) is 0 Å². The van der Waals surface area contributed by atoms with Gasteiger partial charge in [0.2, 0.25) is 5.91 Å². The van der Waals surface area contributed by atoms with Crippen molar-refractivity contribution in [3.63, 3.8) is 0 Å². The molecule has 10 heteroatoms. The molecule has 1 heterocycles. The third-order valence-electron chi connectivity index (χ3n) is 5.06. The molecule has 0 spiro atoms. The van der Waals surface area contributed by atoms with E-state index in [0.717, 1.165) is 11.8 Å². The van der Waals surface area contributed by atoms with Crippen molar-refractivity contribution in [3.8, 4) is 0 Å². The summed E-state index contributed by atoms with van der Waals surface area (Å²) in [5.74, 6) is -5.92. The molecule has 0 aromatic carbocycles. The monoisotopic (exact) mass is 488 g/mol. The molecule has 0 aliphatic carbocycles. The summed E-state index contributed by atoms with van der Waals surface area (Å²) in [6.45, 7) is 15.7. The lowest BCUT2D eigenvalue weighted by Gasteiger charge is -2.40. The number of aliphatic hydroxyl groups is 1. The van der Waals surface area contributed by atoms with Crippen LogP contribution in [0.15, 0.2) is 24.8 Å².